The fraction of sp³-hybridized carbons (Fsp3) is 0.360. The van der Waals surface area contributed by atoms with Gasteiger partial charge in [-0.3, -0.25) is 14.3 Å². The maximum Gasteiger partial charge on any atom is 0.335 e. The molecule has 186 valence electrons. The normalized spacial score (nSPS) is 13.1. The number of H-pyrrole nitrogens is 1. The summed E-state index contributed by atoms with van der Waals surface area (Å²) < 4.78 is 2.16. The fourth-order valence-corrected chi connectivity index (χ4v) is 3.75. The molecule has 0 aliphatic rings. The predicted octanol–water partition coefficient (Wildman–Crippen LogP) is 2.61. The minimum absolute atomic E-state index is 0.00566. The Hall–Kier alpha value is -3.43. The summed E-state index contributed by atoms with van der Waals surface area (Å²) in [4.78, 5) is 44.4. The second-order valence-electron chi connectivity index (χ2n) is 9.33. The van der Waals surface area contributed by atoms with Gasteiger partial charge in [0, 0.05) is 18.0 Å². The predicted molar refractivity (Wildman–Crippen MR) is 133 cm³/mol. The van der Waals surface area contributed by atoms with E-state index in [1.807, 2.05) is 31.2 Å². The van der Waals surface area contributed by atoms with E-state index in [-0.39, 0.29) is 18.7 Å². The molecule has 9 nitrogen and oxygen atoms in total. The van der Waals surface area contributed by atoms with Crippen LogP contribution in [0.3, 0.4) is 0 Å². The Morgan fingerprint density at radius 1 is 1.14 bits per heavy atom. The molecule has 0 spiro atoms. The Kier molecular flexibility index (Phi) is 7.82. The van der Waals surface area contributed by atoms with Gasteiger partial charge in [0.15, 0.2) is 0 Å². The SMILES string of the molecule is Cc1ccc(Cn2c(=O)n(C[C@H](C)C(=O)O)c(=O)[nH]/c2=N\c2ccc(CC(C)(C)O)c(Cl)c2)cc1. The van der Waals surface area contributed by atoms with Crippen molar-refractivity contribution in [2.45, 2.75) is 52.8 Å². The first-order valence-electron chi connectivity index (χ1n) is 11.1. The number of aliphatic carboxylic acids is 1. The van der Waals surface area contributed by atoms with Gasteiger partial charge in [0.25, 0.3) is 0 Å². The van der Waals surface area contributed by atoms with Gasteiger partial charge in [-0.05, 0) is 44.0 Å². The van der Waals surface area contributed by atoms with E-state index in [2.05, 4.69) is 9.98 Å². The van der Waals surface area contributed by atoms with Crippen LogP contribution in [0.5, 0.6) is 0 Å². The summed E-state index contributed by atoms with van der Waals surface area (Å²) >= 11 is 6.39. The zero-order valence-corrected chi connectivity index (χ0v) is 20.8. The van der Waals surface area contributed by atoms with Crippen LogP contribution in [0.4, 0.5) is 5.69 Å². The molecule has 0 bridgehead atoms. The first-order valence-corrected chi connectivity index (χ1v) is 11.5. The molecule has 35 heavy (non-hydrogen) atoms. The minimum Gasteiger partial charge on any atom is -0.481 e. The summed E-state index contributed by atoms with van der Waals surface area (Å²) in [6.45, 7) is 6.56. The third kappa shape index (κ3) is 6.80. The molecule has 0 aliphatic heterocycles. The van der Waals surface area contributed by atoms with Crippen molar-refractivity contribution in [1.29, 1.82) is 0 Å². The minimum atomic E-state index is -1.11. The highest BCUT2D eigenvalue weighted by Crippen LogP contribution is 2.25. The molecule has 3 rings (SSSR count). The topological polar surface area (TPSA) is 130 Å². The highest BCUT2D eigenvalue weighted by atomic mass is 35.5. The third-order valence-electron chi connectivity index (χ3n) is 5.42. The standard InChI is InChI=1S/C25H29ClN4O5/c1-15-5-7-17(8-6-15)14-29-22(28-23(33)30(24(29)34)13-16(2)21(31)32)27-19-10-9-18(20(26)11-19)12-25(3,4)35/h5-11,16,35H,12-14H2,1-4H3,(H,31,32)(H,27,28,33)/t16-/m0/s1. The first kappa shape index (κ1) is 26.2. The maximum absolute atomic E-state index is 13.3. The summed E-state index contributed by atoms with van der Waals surface area (Å²) in [5.74, 6) is -2.05. The first-order chi connectivity index (χ1) is 16.3. The molecule has 1 heterocycles. The second-order valence-corrected chi connectivity index (χ2v) is 9.74. The molecule has 0 saturated heterocycles. The van der Waals surface area contributed by atoms with Crippen molar-refractivity contribution in [3.8, 4) is 0 Å². The average Bonchev–Trinajstić information content (AvgIpc) is 2.76. The molecule has 0 amide bonds. The van der Waals surface area contributed by atoms with Crippen LogP contribution in [0.1, 0.15) is 37.5 Å². The number of halogens is 1. The van der Waals surface area contributed by atoms with Gasteiger partial charge < -0.3 is 10.2 Å². The van der Waals surface area contributed by atoms with Crippen molar-refractivity contribution in [3.05, 3.63) is 90.8 Å². The largest absolute Gasteiger partial charge is 0.481 e. The summed E-state index contributed by atoms with van der Waals surface area (Å²) in [7, 11) is 0. The van der Waals surface area contributed by atoms with Crippen LogP contribution in [-0.4, -0.2) is 35.9 Å². The van der Waals surface area contributed by atoms with E-state index in [9.17, 15) is 24.6 Å². The average molecular weight is 501 g/mol. The van der Waals surface area contributed by atoms with Gasteiger partial charge in [-0.25, -0.2) is 19.1 Å². The summed E-state index contributed by atoms with van der Waals surface area (Å²) in [5.41, 5.74) is 0.624. The molecule has 0 unspecified atom stereocenters. The van der Waals surface area contributed by atoms with Crippen molar-refractivity contribution in [2.24, 2.45) is 10.9 Å². The second kappa shape index (κ2) is 10.5. The molecule has 0 fully saturated rings. The monoisotopic (exact) mass is 500 g/mol. The number of hydrogen-bond acceptors (Lipinski definition) is 5. The molecule has 10 heteroatoms. The molecular formula is C25H29ClN4O5. The van der Waals surface area contributed by atoms with Crippen LogP contribution in [0.15, 0.2) is 57.0 Å². The quantitative estimate of drug-likeness (QED) is 0.437. The molecule has 3 aromatic rings. The van der Waals surface area contributed by atoms with Crippen LogP contribution < -0.4 is 17.0 Å². The highest BCUT2D eigenvalue weighted by Gasteiger charge is 2.18. The molecule has 1 aromatic heterocycles. The number of carbonyl (C=O) groups is 1. The molecule has 0 aliphatic carbocycles. The number of aliphatic hydroxyl groups is 1. The summed E-state index contributed by atoms with van der Waals surface area (Å²) in [6.07, 6.45) is 0.341. The number of aryl methyl sites for hydroxylation is 1. The number of benzene rings is 2. The lowest BCUT2D eigenvalue weighted by Gasteiger charge is -2.18. The Morgan fingerprint density at radius 2 is 1.80 bits per heavy atom. The molecule has 3 N–H and O–H groups in total. The smallest absolute Gasteiger partial charge is 0.335 e. The molecule has 1 atom stereocenters. The van der Waals surface area contributed by atoms with Gasteiger partial charge in [0.2, 0.25) is 5.62 Å². The van der Waals surface area contributed by atoms with E-state index >= 15 is 0 Å². The number of rotatable bonds is 8. The van der Waals surface area contributed by atoms with Crippen LogP contribution in [0, 0.1) is 12.8 Å². The number of carboxylic acids is 1. The Bertz CT molecular complexity index is 1410. The summed E-state index contributed by atoms with van der Waals surface area (Å²) in [6, 6.07) is 12.5. The Balaban J connectivity index is 2.15. The lowest BCUT2D eigenvalue weighted by Crippen LogP contribution is -2.51. The Morgan fingerprint density at radius 3 is 2.37 bits per heavy atom. The van der Waals surface area contributed by atoms with Crippen molar-refractivity contribution in [2.75, 3.05) is 0 Å². The van der Waals surface area contributed by atoms with Gasteiger partial charge >= 0.3 is 17.3 Å². The number of aromatic amines is 1. The maximum atomic E-state index is 13.3. The van der Waals surface area contributed by atoms with E-state index in [1.165, 1.54) is 11.5 Å². The lowest BCUT2D eigenvalue weighted by molar-refractivity contribution is -0.141. The van der Waals surface area contributed by atoms with Gasteiger partial charge in [0.05, 0.1) is 23.8 Å². The third-order valence-corrected chi connectivity index (χ3v) is 5.77. The molecular weight excluding hydrogens is 472 g/mol. The number of carboxylic acid groups (broad SMARTS) is 1. The number of aromatic nitrogens is 3. The van der Waals surface area contributed by atoms with Crippen molar-refractivity contribution < 1.29 is 15.0 Å². The van der Waals surface area contributed by atoms with Crippen LogP contribution in [0.2, 0.25) is 5.02 Å². The number of nitrogens with zero attached hydrogens (tertiary/aromatic N) is 3. The van der Waals surface area contributed by atoms with E-state index in [1.54, 1.807) is 32.0 Å². The number of hydrogen-bond donors (Lipinski definition) is 3. The summed E-state index contributed by atoms with van der Waals surface area (Å²) in [5, 5.41) is 19.7. The molecule has 0 radical (unpaired) electrons. The van der Waals surface area contributed by atoms with Crippen molar-refractivity contribution in [3.63, 3.8) is 0 Å². The zero-order valence-electron chi connectivity index (χ0n) is 20.1. The number of nitrogens with one attached hydrogen (secondary N) is 1. The molecule has 0 saturated carbocycles. The van der Waals surface area contributed by atoms with Crippen LogP contribution in [0.25, 0.3) is 0 Å². The van der Waals surface area contributed by atoms with Gasteiger partial charge in [-0.1, -0.05) is 54.4 Å². The van der Waals surface area contributed by atoms with Crippen LogP contribution in [-0.2, 0) is 24.3 Å². The fourth-order valence-electron chi connectivity index (χ4n) is 3.51. The van der Waals surface area contributed by atoms with Gasteiger partial charge in [0.1, 0.15) is 0 Å². The highest BCUT2D eigenvalue weighted by molar-refractivity contribution is 6.31. The Labute approximate surface area is 207 Å². The van der Waals surface area contributed by atoms with E-state index in [0.717, 1.165) is 21.3 Å². The van der Waals surface area contributed by atoms with E-state index < -0.39 is 28.9 Å². The molecule has 2 aromatic carbocycles. The zero-order chi connectivity index (χ0) is 25.9. The van der Waals surface area contributed by atoms with Crippen LogP contribution >= 0.6 is 11.6 Å². The van der Waals surface area contributed by atoms with Crippen molar-refractivity contribution in [1.82, 2.24) is 14.1 Å². The van der Waals surface area contributed by atoms with Crippen molar-refractivity contribution >= 4 is 23.3 Å². The van der Waals surface area contributed by atoms with Gasteiger partial charge in [-0.2, -0.15) is 0 Å². The van der Waals surface area contributed by atoms with Gasteiger partial charge in [-0.15, -0.1) is 0 Å². The lowest BCUT2D eigenvalue weighted by atomic mass is 9.98. The van der Waals surface area contributed by atoms with E-state index in [0.29, 0.717) is 17.1 Å². The van der Waals surface area contributed by atoms with E-state index in [4.69, 9.17) is 11.6 Å².